The molecule has 29 heavy (non-hydrogen) atoms. The maximum absolute atomic E-state index is 12.6. The quantitative estimate of drug-likeness (QED) is 0.715. The van der Waals surface area contributed by atoms with E-state index in [-0.39, 0.29) is 5.91 Å². The van der Waals surface area contributed by atoms with Crippen LogP contribution in [-0.4, -0.2) is 54.3 Å². The molecular weight excluding hydrogens is 370 g/mol. The SMILES string of the molecule is COc1cccc(-c2ncc(NC(=O)c3cccnc3)c(N3CCOCC3)n2)c1. The van der Waals surface area contributed by atoms with Gasteiger partial charge in [0, 0.05) is 31.0 Å². The lowest BCUT2D eigenvalue weighted by Gasteiger charge is -2.29. The lowest BCUT2D eigenvalue weighted by atomic mass is 10.2. The molecule has 0 atom stereocenters. The van der Waals surface area contributed by atoms with Gasteiger partial charge in [-0.15, -0.1) is 0 Å². The molecule has 3 heterocycles. The van der Waals surface area contributed by atoms with Crippen LogP contribution in [0.1, 0.15) is 10.4 Å². The smallest absolute Gasteiger partial charge is 0.257 e. The summed E-state index contributed by atoms with van der Waals surface area (Å²) in [6.07, 6.45) is 4.79. The maximum Gasteiger partial charge on any atom is 0.257 e. The molecule has 8 heteroatoms. The fourth-order valence-electron chi connectivity index (χ4n) is 3.07. The van der Waals surface area contributed by atoms with Gasteiger partial charge in [-0.05, 0) is 24.3 Å². The van der Waals surface area contributed by atoms with E-state index < -0.39 is 0 Å². The zero-order valence-corrected chi connectivity index (χ0v) is 16.0. The number of anilines is 2. The van der Waals surface area contributed by atoms with E-state index in [0.29, 0.717) is 49.2 Å². The molecule has 1 N–H and O–H groups in total. The number of aromatic nitrogens is 3. The van der Waals surface area contributed by atoms with Gasteiger partial charge in [0.25, 0.3) is 5.91 Å². The molecule has 1 fully saturated rings. The van der Waals surface area contributed by atoms with Gasteiger partial charge in [0.15, 0.2) is 11.6 Å². The van der Waals surface area contributed by atoms with E-state index in [1.807, 2.05) is 24.3 Å². The minimum atomic E-state index is -0.259. The summed E-state index contributed by atoms with van der Waals surface area (Å²) in [5.74, 6) is 1.70. The number of hydrogen-bond donors (Lipinski definition) is 1. The van der Waals surface area contributed by atoms with Gasteiger partial charge in [0.1, 0.15) is 11.4 Å². The lowest BCUT2D eigenvalue weighted by molar-refractivity contribution is 0.102. The summed E-state index contributed by atoms with van der Waals surface area (Å²) in [4.78, 5) is 27.9. The van der Waals surface area contributed by atoms with Gasteiger partial charge >= 0.3 is 0 Å². The highest BCUT2D eigenvalue weighted by atomic mass is 16.5. The number of ether oxygens (including phenoxy) is 2. The zero-order chi connectivity index (χ0) is 20.1. The fourth-order valence-corrected chi connectivity index (χ4v) is 3.07. The molecule has 3 aromatic rings. The summed E-state index contributed by atoms with van der Waals surface area (Å²) in [5, 5.41) is 2.91. The Bertz CT molecular complexity index is 991. The first kappa shape index (κ1) is 18.8. The summed E-state index contributed by atoms with van der Waals surface area (Å²) in [6, 6.07) is 11.0. The van der Waals surface area contributed by atoms with Crippen LogP contribution in [0.25, 0.3) is 11.4 Å². The number of benzene rings is 1. The minimum absolute atomic E-state index is 0.259. The van der Waals surface area contributed by atoms with E-state index in [4.69, 9.17) is 14.5 Å². The van der Waals surface area contributed by atoms with Crippen LogP contribution in [0.5, 0.6) is 5.75 Å². The highest BCUT2D eigenvalue weighted by Crippen LogP contribution is 2.28. The van der Waals surface area contributed by atoms with Crippen LogP contribution < -0.4 is 15.0 Å². The van der Waals surface area contributed by atoms with Crippen LogP contribution in [0.2, 0.25) is 0 Å². The van der Waals surface area contributed by atoms with Crippen LogP contribution >= 0.6 is 0 Å². The van der Waals surface area contributed by atoms with Gasteiger partial charge in [-0.25, -0.2) is 9.97 Å². The molecule has 2 aromatic heterocycles. The number of pyridine rings is 1. The minimum Gasteiger partial charge on any atom is -0.497 e. The van der Waals surface area contributed by atoms with Crippen molar-refractivity contribution in [2.75, 3.05) is 43.6 Å². The number of rotatable bonds is 5. The Morgan fingerprint density at radius 2 is 2.03 bits per heavy atom. The van der Waals surface area contributed by atoms with Gasteiger partial charge < -0.3 is 19.7 Å². The van der Waals surface area contributed by atoms with E-state index in [2.05, 4.69) is 20.2 Å². The van der Waals surface area contributed by atoms with Crippen molar-refractivity contribution in [2.24, 2.45) is 0 Å². The number of carbonyl (C=O) groups excluding carboxylic acids is 1. The Morgan fingerprint density at radius 1 is 1.17 bits per heavy atom. The number of amides is 1. The first-order valence-electron chi connectivity index (χ1n) is 9.30. The Morgan fingerprint density at radius 3 is 2.79 bits per heavy atom. The molecule has 1 aromatic carbocycles. The summed E-state index contributed by atoms with van der Waals surface area (Å²) >= 11 is 0. The largest absolute Gasteiger partial charge is 0.497 e. The standard InChI is InChI=1S/C21H21N5O3/c1-28-17-6-2-4-15(12-17)19-23-14-18(20(25-19)26-8-10-29-11-9-26)24-21(27)16-5-3-7-22-13-16/h2-7,12-14H,8-11H2,1H3,(H,24,27). The highest BCUT2D eigenvalue weighted by Gasteiger charge is 2.20. The normalized spacial score (nSPS) is 13.8. The highest BCUT2D eigenvalue weighted by molar-refractivity contribution is 6.05. The number of nitrogens with one attached hydrogen (secondary N) is 1. The molecular formula is C21H21N5O3. The second-order valence-electron chi connectivity index (χ2n) is 6.46. The van der Waals surface area contributed by atoms with Crippen molar-refractivity contribution < 1.29 is 14.3 Å². The molecule has 8 nitrogen and oxygen atoms in total. The third-order valence-corrected chi connectivity index (χ3v) is 4.58. The third-order valence-electron chi connectivity index (χ3n) is 4.58. The molecule has 0 bridgehead atoms. The molecule has 4 rings (SSSR count). The Labute approximate surface area is 168 Å². The molecule has 148 valence electrons. The number of nitrogens with zero attached hydrogens (tertiary/aromatic N) is 4. The van der Waals surface area contributed by atoms with Gasteiger partial charge in [-0.1, -0.05) is 12.1 Å². The summed E-state index contributed by atoms with van der Waals surface area (Å²) in [5.41, 5.74) is 1.86. The molecule has 0 radical (unpaired) electrons. The second kappa shape index (κ2) is 8.66. The lowest BCUT2D eigenvalue weighted by Crippen LogP contribution is -2.37. The second-order valence-corrected chi connectivity index (χ2v) is 6.46. The number of morpholine rings is 1. The first-order valence-corrected chi connectivity index (χ1v) is 9.30. The van der Waals surface area contributed by atoms with Crippen LogP contribution in [0.15, 0.2) is 55.0 Å². The molecule has 1 aliphatic heterocycles. The fraction of sp³-hybridized carbons (Fsp3) is 0.238. The van der Waals surface area contributed by atoms with Gasteiger partial charge in [0.05, 0.1) is 32.1 Å². The van der Waals surface area contributed by atoms with E-state index in [1.54, 1.807) is 31.6 Å². The van der Waals surface area contributed by atoms with Gasteiger partial charge in [0.2, 0.25) is 0 Å². The average molecular weight is 391 g/mol. The Kier molecular flexibility index (Phi) is 5.62. The summed E-state index contributed by atoms with van der Waals surface area (Å²) in [6.45, 7) is 2.58. The topological polar surface area (TPSA) is 89.5 Å². The van der Waals surface area contributed by atoms with E-state index in [9.17, 15) is 4.79 Å². The van der Waals surface area contributed by atoms with Gasteiger partial charge in [-0.3, -0.25) is 9.78 Å². The molecule has 1 aliphatic rings. The predicted octanol–water partition coefficient (Wildman–Crippen LogP) is 2.64. The Balaban J connectivity index is 1.69. The van der Waals surface area contributed by atoms with Crippen molar-refractivity contribution in [1.29, 1.82) is 0 Å². The maximum atomic E-state index is 12.6. The number of carbonyl (C=O) groups is 1. The first-order chi connectivity index (χ1) is 14.2. The van der Waals surface area contributed by atoms with Gasteiger partial charge in [-0.2, -0.15) is 0 Å². The molecule has 0 unspecified atom stereocenters. The summed E-state index contributed by atoms with van der Waals surface area (Å²) in [7, 11) is 1.62. The van der Waals surface area contributed by atoms with Crippen molar-refractivity contribution in [3.05, 3.63) is 60.6 Å². The molecule has 1 saturated heterocycles. The van der Waals surface area contributed by atoms with Crippen molar-refractivity contribution in [2.45, 2.75) is 0 Å². The number of hydrogen-bond acceptors (Lipinski definition) is 7. The monoisotopic (exact) mass is 391 g/mol. The zero-order valence-electron chi connectivity index (χ0n) is 16.0. The Hall–Kier alpha value is -3.52. The van der Waals surface area contributed by atoms with Crippen LogP contribution in [0, 0.1) is 0 Å². The van der Waals surface area contributed by atoms with Crippen LogP contribution in [0.4, 0.5) is 11.5 Å². The molecule has 0 saturated carbocycles. The third kappa shape index (κ3) is 4.33. The molecule has 1 amide bonds. The van der Waals surface area contributed by atoms with Crippen molar-refractivity contribution in [3.63, 3.8) is 0 Å². The van der Waals surface area contributed by atoms with Crippen LogP contribution in [0.3, 0.4) is 0 Å². The van der Waals surface area contributed by atoms with Crippen LogP contribution in [-0.2, 0) is 4.74 Å². The summed E-state index contributed by atoms with van der Waals surface area (Å²) < 4.78 is 10.8. The van der Waals surface area contributed by atoms with E-state index in [0.717, 1.165) is 11.3 Å². The molecule has 0 aliphatic carbocycles. The molecule has 0 spiro atoms. The van der Waals surface area contributed by atoms with E-state index >= 15 is 0 Å². The number of methoxy groups -OCH3 is 1. The predicted molar refractivity (Wildman–Crippen MR) is 109 cm³/mol. The van der Waals surface area contributed by atoms with E-state index in [1.165, 1.54) is 6.20 Å². The average Bonchev–Trinajstić information content (AvgIpc) is 2.80. The van der Waals surface area contributed by atoms with Crippen molar-refractivity contribution in [3.8, 4) is 17.1 Å². The van der Waals surface area contributed by atoms with Crippen molar-refractivity contribution in [1.82, 2.24) is 15.0 Å². The van der Waals surface area contributed by atoms with Crippen molar-refractivity contribution >= 4 is 17.4 Å².